The van der Waals surface area contributed by atoms with E-state index in [2.05, 4.69) is 6.07 Å². The summed E-state index contributed by atoms with van der Waals surface area (Å²) in [6, 6.07) is 3.92. The van der Waals surface area contributed by atoms with Gasteiger partial charge in [0.15, 0.2) is 0 Å². The predicted octanol–water partition coefficient (Wildman–Crippen LogP) is 2.19. The molecule has 14 heavy (non-hydrogen) atoms. The summed E-state index contributed by atoms with van der Waals surface area (Å²) in [4.78, 5) is 0. The van der Waals surface area contributed by atoms with Crippen molar-refractivity contribution in [2.24, 2.45) is 0 Å². The summed E-state index contributed by atoms with van der Waals surface area (Å²) in [5, 5.41) is 8.96. The molecule has 0 aliphatic rings. The molecule has 0 bridgehead atoms. The second-order valence-corrected chi connectivity index (χ2v) is 3.04. The van der Waals surface area contributed by atoms with Gasteiger partial charge in [-0.15, -0.1) is 0 Å². The Hall–Kier alpha value is -1.69. The lowest BCUT2D eigenvalue weighted by Crippen LogP contribution is -1.97. The van der Waals surface area contributed by atoms with Crippen LogP contribution < -0.4 is 9.47 Å². The third-order valence-corrected chi connectivity index (χ3v) is 2.20. The number of hydrogen-bond acceptors (Lipinski definition) is 3. The van der Waals surface area contributed by atoms with Crippen LogP contribution in [0.1, 0.15) is 16.7 Å². The van der Waals surface area contributed by atoms with Gasteiger partial charge in [-0.05, 0) is 25.5 Å². The summed E-state index contributed by atoms with van der Waals surface area (Å²) in [5.74, 6) is 1.35. The molecule has 1 aromatic rings. The summed E-state index contributed by atoms with van der Waals surface area (Å²) in [5.41, 5.74) is 2.34. The smallest absolute Gasteiger partial charge is 0.137 e. The molecule has 0 fully saturated rings. The van der Waals surface area contributed by atoms with Crippen molar-refractivity contribution in [3.63, 3.8) is 0 Å². The molecule has 0 atom stereocenters. The topological polar surface area (TPSA) is 42.2 Å². The zero-order chi connectivity index (χ0) is 10.7. The molecule has 3 nitrogen and oxygen atoms in total. The summed E-state index contributed by atoms with van der Waals surface area (Å²) in [7, 11) is 3.16. The maximum absolute atomic E-state index is 8.96. The fourth-order valence-corrected chi connectivity index (χ4v) is 1.54. The number of ether oxygens (including phenoxy) is 2. The van der Waals surface area contributed by atoms with E-state index >= 15 is 0 Å². The van der Waals surface area contributed by atoms with Gasteiger partial charge in [0.2, 0.25) is 0 Å². The van der Waals surface area contributed by atoms with Crippen molar-refractivity contribution < 1.29 is 9.47 Å². The van der Waals surface area contributed by atoms with E-state index < -0.39 is 0 Å². The molecule has 1 rings (SSSR count). The van der Waals surface area contributed by atoms with Crippen molar-refractivity contribution in [1.82, 2.24) is 0 Å². The molecule has 0 heterocycles. The standard InChI is InChI=1S/C11H13NO2/c1-7-5-10(13-3)9(6-12)8(2)11(7)14-4/h5H,1-4H3. The van der Waals surface area contributed by atoms with Crippen LogP contribution in [0.15, 0.2) is 6.07 Å². The Morgan fingerprint density at radius 1 is 1.21 bits per heavy atom. The predicted molar refractivity (Wildman–Crippen MR) is 53.7 cm³/mol. The van der Waals surface area contributed by atoms with E-state index in [0.29, 0.717) is 11.3 Å². The van der Waals surface area contributed by atoms with E-state index in [1.54, 1.807) is 14.2 Å². The van der Waals surface area contributed by atoms with Crippen LogP contribution in [-0.2, 0) is 0 Å². The molecule has 74 valence electrons. The van der Waals surface area contributed by atoms with Crippen LogP contribution in [0.3, 0.4) is 0 Å². The van der Waals surface area contributed by atoms with E-state index in [1.807, 2.05) is 19.9 Å². The maximum Gasteiger partial charge on any atom is 0.137 e. The molecule has 0 aromatic heterocycles. The van der Waals surface area contributed by atoms with Crippen LogP contribution in [0.25, 0.3) is 0 Å². The second-order valence-electron chi connectivity index (χ2n) is 3.04. The van der Waals surface area contributed by atoms with E-state index in [0.717, 1.165) is 16.9 Å². The zero-order valence-corrected chi connectivity index (χ0v) is 8.84. The molecule has 0 aliphatic carbocycles. The Morgan fingerprint density at radius 3 is 2.29 bits per heavy atom. The lowest BCUT2D eigenvalue weighted by molar-refractivity contribution is 0.396. The molecular weight excluding hydrogens is 178 g/mol. The molecule has 1 aromatic carbocycles. The van der Waals surface area contributed by atoms with E-state index in [4.69, 9.17) is 14.7 Å². The Balaban J connectivity index is 3.49. The number of rotatable bonds is 2. The first-order chi connectivity index (χ1) is 6.65. The zero-order valence-electron chi connectivity index (χ0n) is 8.84. The van der Waals surface area contributed by atoms with Gasteiger partial charge in [-0.25, -0.2) is 0 Å². The van der Waals surface area contributed by atoms with Crippen molar-refractivity contribution in [1.29, 1.82) is 5.26 Å². The number of nitriles is 1. The second kappa shape index (κ2) is 4.01. The van der Waals surface area contributed by atoms with E-state index in [9.17, 15) is 0 Å². The molecule has 0 amide bonds. The van der Waals surface area contributed by atoms with Gasteiger partial charge in [-0.1, -0.05) is 0 Å². The monoisotopic (exact) mass is 191 g/mol. The average Bonchev–Trinajstić information content (AvgIpc) is 2.17. The van der Waals surface area contributed by atoms with Crippen LogP contribution in [-0.4, -0.2) is 14.2 Å². The molecule has 0 saturated heterocycles. The Labute approximate surface area is 83.9 Å². The van der Waals surface area contributed by atoms with Crippen molar-refractivity contribution in [3.8, 4) is 17.6 Å². The van der Waals surface area contributed by atoms with Crippen LogP contribution >= 0.6 is 0 Å². The first kappa shape index (κ1) is 10.4. The summed E-state index contributed by atoms with van der Waals surface area (Å²) in [6.07, 6.45) is 0. The van der Waals surface area contributed by atoms with Crippen LogP contribution in [0.5, 0.6) is 11.5 Å². The van der Waals surface area contributed by atoms with Crippen molar-refractivity contribution in [2.45, 2.75) is 13.8 Å². The van der Waals surface area contributed by atoms with Gasteiger partial charge in [0.05, 0.1) is 14.2 Å². The van der Waals surface area contributed by atoms with Gasteiger partial charge in [-0.2, -0.15) is 5.26 Å². The summed E-state index contributed by atoms with van der Waals surface area (Å²) >= 11 is 0. The van der Waals surface area contributed by atoms with Gasteiger partial charge in [0, 0.05) is 5.56 Å². The van der Waals surface area contributed by atoms with Crippen molar-refractivity contribution in [2.75, 3.05) is 14.2 Å². The highest BCUT2D eigenvalue weighted by Crippen LogP contribution is 2.32. The van der Waals surface area contributed by atoms with Gasteiger partial charge < -0.3 is 9.47 Å². The first-order valence-corrected chi connectivity index (χ1v) is 4.28. The Kier molecular flexibility index (Phi) is 2.98. The highest BCUT2D eigenvalue weighted by atomic mass is 16.5. The summed E-state index contributed by atoms with van der Waals surface area (Å²) in [6.45, 7) is 3.78. The third kappa shape index (κ3) is 1.51. The largest absolute Gasteiger partial charge is 0.496 e. The van der Waals surface area contributed by atoms with Crippen LogP contribution in [0.2, 0.25) is 0 Å². The third-order valence-electron chi connectivity index (χ3n) is 2.20. The maximum atomic E-state index is 8.96. The molecular formula is C11H13NO2. The van der Waals surface area contributed by atoms with Gasteiger partial charge in [-0.3, -0.25) is 0 Å². The lowest BCUT2D eigenvalue weighted by Gasteiger charge is -2.12. The SMILES string of the molecule is COc1cc(C)c(OC)c(C)c1C#N. The minimum atomic E-state index is 0.537. The minimum Gasteiger partial charge on any atom is -0.496 e. The normalized spacial score (nSPS) is 9.36. The van der Waals surface area contributed by atoms with Gasteiger partial charge in [0.25, 0.3) is 0 Å². The summed E-state index contributed by atoms with van der Waals surface area (Å²) < 4.78 is 10.3. The van der Waals surface area contributed by atoms with Crippen molar-refractivity contribution in [3.05, 3.63) is 22.8 Å². The molecule has 0 unspecified atom stereocenters. The van der Waals surface area contributed by atoms with Crippen LogP contribution in [0, 0.1) is 25.2 Å². The molecule has 0 N–H and O–H groups in total. The highest BCUT2D eigenvalue weighted by molar-refractivity contribution is 5.57. The number of aryl methyl sites for hydroxylation is 1. The number of benzene rings is 1. The number of nitrogens with zero attached hydrogens (tertiary/aromatic N) is 1. The van der Waals surface area contributed by atoms with Crippen molar-refractivity contribution >= 4 is 0 Å². The number of methoxy groups -OCH3 is 2. The van der Waals surface area contributed by atoms with Gasteiger partial charge >= 0.3 is 0 Å². The van der Waals surface area contributed by atoms with Gasteiger partial charge in [0.1, 0.15) is 23.1 Å². The minimum absolute atomic E-state index is 0.537. The lowest BCUT2D eigenvalue weighted by atomic mass is 10.0. The molecule has 0 spiro atoms. The molecule has 0 aliphatic heterocycles. The van der Waals surface area contributed by atoms with E-state index in [-0.39, 0.29) is 0 Å². The quantitative estimate of drug-likeness (QED) is 0.719. The fourth-order valence-electron chi connectivity index (χ4n) is 1.54. The Morgan fingerprint density at radius 2 is 1.86 bits per heavy atom. The molecule has 0 radical (unpaired) electrons. The molecule has 3 heteroatoms. The fraction of sp³-hybridized carbons (Fsp3) is 0.364. The van der Waals surface area contributed by atoms with E-state index in [1.165, 1.54) is 0 Å². The van der Waals surface area contributed by atoms with Crippen LogP contribution in [0.4, 0.5) is 0 Å². The average molecular weight is 191 g/mol. The Bertz CT molecular complexity index is 391. The number of hydrogen-bond donors (Lipinski definition) is 0. The highest BCUT2D eigenvalue weighted by Gasteiger charge is 2.13. The first-order valence-electron chi connectivity index (χ1n) is 4.28. The molecule has 0 saturated carbocycles.